The molecule has 3 rings (SSSR count). The van der Waals surface area contributed by atoms with Crippen LogP contribution < -0.4 is 10.2 Å². The molecule has 1 N–H and O–H groups in total. The third kappa shape index (κ3) is 3.96. The van der Waals surface area contributed by atoms with Crippen LogP contribution in [0.2, 0.25) is 0 Å². The van der Waals surface area contributed by atoms with Gasteiger partial charge in [-0.15, -0.1) is 0 Å². The van der Waals surface area contributed by atoms with Gasteiger partial charge >= 0.3 is 12.0 Å². The highest BCUT2D eigenvalue weighted by molar-refractivity contribution is 6.00. The fourth-order valence-corrected chi connectivity index (χ4v) is 3.07. The number of carbonyl (C=O) groups excluding carboxylic acids is 2. The maximum atomic E-state index is 12.6. The van der Waals surface area contributed by atoms with Gasteiger partial charge in [-0.2, -0.15) is 0 Å². The number of anilines is 2. The number of aryl methyl sites for hydroxylation is 1. The molecule has 2 amide bonds. The van der Waals surface area contributed by atoms with Gasteiger partial charge in [0.05, 0.1) is 18.4 Å². The summed E-state index contributed by atoms with van der Waals surface area (Å²) >= 11 is 0. The van der Waals surface area contributed by atoms with Gasteiger partial charge in [0.1, 0.15) is 0 Å². The van der Waals surface area contributed by atoms with E-state index < -0.39 is 5.97 Å². The lowest BCUT2D eigenvalue weighted by Crippen LogP contribution is -2.50. The molecule has 6 heteroatoms. The Morgan fingerprint density at radius 3 is 2.42 bits per heavy atom. The summed E-state index contributed by atoms with van der Waals surface area (Å²) in [6.45, 7) is 4.87. The van der Waals surface area contributed by atoms with Gasteiger partial charge < -0.3 is 19.9 Å². The zero-order chi connectivity index (χ0) is 18.5. The lowest BCUT2D eigenvalue weighted by atomic mass is 10.2. The van der Waals surface area contributed by atoms with Crippen LogP contribution in [-0.2, 0) is 4.74 Å². The Morgan fingerprint density at radius 2 is 1.73 bits per heavy atom. The van der Waals surface area contributed by atoms with E-state index in [4.69, 9.17) is 4.74 Å². The summed E-state index contributed by atoms with van der Waals surface area (Å²) in [5.74, 6) is -0.467. The zero-order valence-electron chi connectivity index (χ0n) is 15.1. The first-order chi connectivity index (χ1) is 12.6. The second kappa shape index (κ2) is 7.91. The SMILES string of the molecule is COC(=O)c1ccccc1NC(=O)N1CCN(c2cccc(C)c2)CC1. The normalized spacial score (nSPS) is 14.1. The minimum atomic E-state index is -0.467. The number of rotatable bonds is 3. The van der Waals surface area contributed by atoms with Crippen LogP contribution in [0.4, 0.5) is 16.2 Å². The number of para-hydroxylation sites is 1. The lowest BCUT2D eigenvalue weighted by molar-refractivity contribution is 0.0602. The van der Waals surface area contributed by atoms with E-state index in [1.54, 1.807) is 29.2 Å². The highest BCUT2D eigenvalue weighted by atomic mass is 16.5. The van der Waals surface area contributed by atoms with Crippen molar-refractivity contribution in [1.82, 2.24) is 4.90 Å². The fourth-order valence-electron chi connectivity index (χ4n) is 3.07. The lowest BCUT2D eigenvalue weighted by Gasteiger charge is -2.36. The molecule has 1 aliphatic rings. The molecule has 1 aliphatic heterocycles. The first kappa shape index (κ1) is 17.8. The van der Waals surface area contributed by atoms with E-state index in [2.05, 4.69) is 35.3 Å². The van der Waals surface area contributed by atoms with Crippen molar-refractivity contribution in [2.24, 2.45) is 0 Å². The van der Waals surface area contributed by atoms with Gasteiger partial charge in [-0.3, -0.25) is 0 Å². The summed E-state index contributed by atoms with van der Waals surface area (Å²) in [4.78, 5) is 28.4. The van der Waals surface area contributed by atoms with Crippen LogP contribution in [0, 0.1) is 6.92 Å². The van der Waals surface area contributed by atoms with Gasteiger partial charge in [0, 0.05) is 31.9 Å². The number of amides is 2. The molecule has 136 valence electrons. The van der Waals surface area contributed by atoms with Crippen LogP contribution in [0.3, 0.4) is 0 Å². The van der Waals surface area contributed by atoms with Crippen LogP contribution >= 0.6 is 0 Å². The van der Waals surface area contributed by atoms with E-state index in [1.165, 1.54) is 18.4 Å². The Kier molecular flexibility index (Phi) is 5.41. The number of piperazine rings is 1. The summed E-state index contributed by atoms with van der Waals surface area (Å²) in [5.41, 5.74) is 3.22. The number of esters is 1. The Labute approximate surface area is 153 Å². The first-order valence-electron chi connectivity index (χ1n) is 8.63. The molecule has 0 aromatic heterocycles. The number of nitrogens with zero attached hydrogens (tertiary/aromatic N) is 2. The predicted octanol–water partition coefficient (Wildman–Crippen LogP) is 3.14. The van der Waals surface area contributed by atoms with Gasteiger partial charge in [0.25, 0.3) is 0 Å². The van der Waals surface area contributed by atoms with Crippen molar-refractivity contribution in [3.05, 3.63) is 59.7 Å². The number of ether oxygens (including phenoxy) is 1. The van der Waals surface area contributed by atoms with Crippen molar-refractivity contribution in [3.63, 3.8) is 0 Å². The number of carbonyl (C=O) groups is 2. The van der Waals surface area contributed by atoms with E-state index in [0.717, 1.165) is 13.1 Å². The van der Waals surface area contributed by atoms with Crippen molar-refractivity contribution >= 4 is 23.4 Å². The third-order valence-corrected chi connectivity index (χ3v) is 4.51. The van der Waals surface area contributed by atoms with Crippen LogP contribution in [-0.4, -0.2) is 50.2 Å². The molecule has 0 aliphatic carbocycles. The number of hydrogen-bond donors (Lipinski definition) is 1. The Morgan fingerprint density at radius 1 is 1.00 bits per heavy atom. The topological polar surface area (TPSA) is 61.9 Å². The quantitative estimate of drug-likeness (QED) is 0.861. The molecular formula is C20H23N3O3. The number of nitrogens with one attached hydrogen (secondary N) is 1. The van der Waals surface area contributed by atoms with Crippen molar-refractivity contribution in [1.29, 1.82) is 0 Å². The van der Waals surface area contributed by atoms with E-state index in [1.807, 2.05) is 6.07 Å². The molecule has 0 unspecified atom stereocenters. The second-order valence-electron chi connectivity index (χ2n) is 6.28. The number of hydrogen-bond acceptors (Lipinski definition) is 4. The third-order valence-electron chi connectivity index (χ3n) is 4.51. The molecule has 2 aromatic carbocycles. The molecule has 2 aromatic rings. The smallest absolute Gasteiger partial charge is 0.339 e. The summed E-state index contributed by atoms with van der Waals surface area (Å²) in [7, 11) is 1.32. The minimum absolute atomic E-state index is 0.203. The standard InChI is InChI=1S/C20H23N3O3/c1-15-6-5-7-16(14-15)22-10-12-23(13-11-22)20(25)21-18-9-4-3-8-17(18)19(24)26-2/h3-9,14H,10-13H2,1-2H3,(H,21,25). The van der Waals surface area contributed by atoms with E-state index in [9.17, 15) is 9.59 Å². The summed E-state index contributed by atoms with van der Waals surface area (Å²) in [6.07, 6.45) is 0. The van der Waals surface area contributed by atoms with Crippen molar-refractivity contribution in [3.8, 4) is 0 Å². The van der Waals surface area contributed by atoms with Crippen molar-refractivity contribution in [2.75, 3.05) is 43.5 Å². The van der Waals surface area contributed by atoms with Crippen LogP contribution in [0.5, 0.6) is 0 Å². The predicted molar refractivity (Wildman–Crippen MR) is 102 cm³/mol. The summed E-state index contributed by atoms with van der Waals surface area (Å²) < 4.78 is 4.77. The zero-order valence-corrected chi connectivity index (χ0v) is 15.1. The van der Waals surface area contributed by atoms with E-state index >= 15 is 0 Å². The molecule has 0 saturated carbocycles. The van der Waals surface area contributed by atoms with Gasteiger partial charge in [-0.05, 0) is 36.8 Å². The van der Waals surface area contributed by atoms with Crippen molar-refractivity contribution in [2.45, 2.75) is 6.92 Å². The fraction of sp³-hybridized carbons (Fsp3) is 0.300. The van der Waals surface area contributed by atoms with Crippen molar-refractivity contribution < 1.29 is 14.3 Å². The largest absolute Gasteiger partial charge is 0.465 e. The minimum Gasteiger partial charge on any atom is -0.465 e. The number of methoxy groups -OCH3 is 1. The van der Waals surface area contributed by atoms with Gasteiger partial charge in [0.2, 0.25) is 0 Å². The first-order valence-corrected chi connectivity index (χ1v) is 8.63. The Hall–Kier alpha value is -3.02. The highest BCUT2D eigenvalue weighted by Crippen LogP contribution is 2.20. The van der Waals surface area contributed by atoms with Crippen LogP contribution in [0.25, 0.3) is 0 Å². The maximum absolute atomic E-state index is 12.6. The van der Waals surface area contributed by atoms with Gasteiger partial charge in [0.15, 0.2) is 0 Å². The second-order valence-corrected chi connectivity index (χ2v) is 6.28. The Bertz CT molecular complexity index is 798. The molecule has 0 atom stereocenters. The van der Waals surface area contributed by atoms with Gasteiger partial charge in [-0.1, -0.05) is 24.3 Å². The van der Waals surface area contributed by atoms with Crippen LogP contribution in [0.15, 0.2) is 48.5 Å². The number of urea groups is 1. The molecule has 6 nitrogen and oxygen atoms in total. The molecule has 1 saturated heterocycles. The maximum Gasteiger partial charge on any atom is 0.339 e. The average Bonchev–Trinajstić information content (AvgIpc) is 2.68. The molecule has 1 fully saturated rings. The van der Waals surface area contributed by atoms with Gasteiger partial charge in [-0.25, -0.2) is 9.59 Å². The summed E-state index contributed by atoms with van der Waals surface area (Å²) in [6, 6.07) is 15.0. The highest BCUT2D eigenvalue weighted by Gasteiger charge is 2.22. The molecular weight excluding hydrogens is 330 g/mol. The monoisotopic (exact) mass is 353 g/mol. The van der Waals surface area contributed by atoms with Crippen LogP contribution in [0.1, 0.15) is 15.9 Å². The molecule has 0 bridgehead atoms. The molecule has 1 heterocycles. The van der Waals surface area contributed by atoms with E-state index in [-0.39, 0.29) is 6.03 Å². The molecule has 26 heavy (non-hydrogen) atoms. The average molecular weight is 353 g/mol. The Balaban J connectivity index is 1.62. The summed E-state index contributed by atoms with van der Waals surface area (Å²) in [5, 5.41) is 2.83. The number of benzene rings is 2. The molecule has 0 spiro atoms. The van der Waals surface area contributed by atoms with E-state index in [0.29, 0.717) is 24.3 Å². The molecule has 0 radical (unpaired) electrons.